The molecule has 0 aliphatic heterocycles. The number of nitrogens with zero attached hydrogens (tertiary/aromatic N) is 1. The fraction of sp³-hybridized carbons (Fsp3) is 0. The van der Waals surface area contributed by atoms with Gasteiger partial charge in [0.15, 0.2) is 17.4 Å². The van der Waals surface area contributed by atoms with Gasteiger partial charge in [0.25, 0.3) is 0 Å². The maximum atomic E-state index is 9.19. The van der Waals surface area contributed by atoms with E-state index in [2.05, 4.69) is 0 Å². The van der Waals surface area contributed by atoms with Crippen molar-refractivity contribution in [1.82, 2.24) is 0 Å². The van der Waals surface area contributed by atoms with Gasteiger partial charge in [-0.25, -0.2) is 0 Å². The van der Waals surface area contributed by atoms with Crippen molar-refractivity contribution in [3.63, 3.8) is 0 Å². The minimum absolute atomic E-state index is 0. The van der Waals surface area contributed by atoms with Crippen molar-refractivity contribution >= 4 is 27.5 Å². The predicted octanol–water partition coefficient (Wildman–Crippen LogP) is -1.83. The summed E-state index contributed by atoms with van der Waals surface area (Å²) < 4.78 is 25.8. The van der Waals surface area contributed by atoms with Gasteiger partial charge < -0.3 is 0 Å². The molecule has 0 unspecified atom stereocenters. The first-order valence-corrected chi connectivity index (χ1v) is 2.38. The van der Waals surface area contributed by atoms with Crippen LogP contribution in [0.15, 0.2) is 0 Å². The van der Waals surface area contributed by atoms with E-state index in [0.717, 1.165) is 0 Å². The largest absolute Gasteiger partial charge is 0.360 e. The molecule has 0 rings (SSSR count). The summed E-state index contributed by atoms with van der Waals surface area (Å²) in [4.78, 5) is 0. The maximum absolute atomic E-state index is 9.19. The Bertz CT molecular complexity index is 164. The molecule has 6 heteroatoms. The van der Waals surface area contributed by atoms with Gasteiger partial charge in [-0.2, -0.15) is 13.7 Å². The molecule has 4 nitrogen and oxygen atoms in total. The lowest BCUT2D eigenvalue weighted by Gasteiger charge is -1.65. The summed E-state index contributed by atoms with van der Waals surface area (Å²) in [7, 11) is -4.36. The molecule has 1 N–H and O–H groups in total. The van der Waals surface area contributed by atoms with Crippen LogP contribution < -0.4 is 0 Å². The average molecular weight is 137 g/mol. The van der Waals surface area contributed by atoms with Crippen molar-refractivity contribution in [3.05, 3.63) is 0 Å². The van der Waals surface area contributed by atoms with Gasteiger partial charge >= 0.3 is 10.1 Å². The van der Waals surface area contributed by atoms with Crippen molar-refractivity contribution in [2.45, 2.75) is 0 Å². The first-order chi connectivity index (χ1) is 2.56. The van der Waals surface area contributed by atoms with Crippen molar-refractivity contribution in [2.24, 2.45) is 0 Å². The highest BCUT2D eigenvalue weighted by atomic mass is 32.2. The summed E-state index contributed by atoms with van der Waals surface area (Å²) in [6.07, 6.45) is 0. The summed E-state index contributed by atoms with van der Waals surface area (Å²) >= 11 is 0. The Hall–Kier alpha value is -0.0675. The number of hydrogen-bond donors (Lipinski definition) is 1. The number of nitriles is 1. The fourth-order valence-corrected chi connectivity index (χ4v) is 0. The lowest BCUT2D eigenvalue weighted by Crippen LogP contribution is -1.87. The van der Waals surface area contributed by atoms with Gasteiger partial charge in [-0.05, 0) is 0 Å². The Kier molecular flexibility index (Phi) is 4.30. The third kappa shape index (κ3) is 10.7. The highest BCUT2D eigenvalue weighted by Gasteiger charge is 1.93. The topological polar surface area (TPSA) is 78.2 Å². The van der Waals surface area contributed by atoms with Crippen LogP contribution in [-0.4, -0.2) is 30.3 Å². The van der Waals surface area contributed by atoms with Gasteiger partial charge in [0, 0.05) is 0 Å². The minimum atomic E-state index is -4.36. The molecule has 0 heterocycles. The monoisotopic (exact) mass is 137 g/mol. The second kappa shape index (κ2) is 3.00. The van der Waals surface area contributed by atoms with Crippen LogP contribution in [0, 0.1) is 10.7 Å². The van der Waals surface area contributed by atoms with Crippen LogP contribution in [0.5, 0.6) is 0 Å². The van der Waals surface area contributed by atoms with E-state index in [1.807, 2.05) is 0 Å². The maximum Gasteiger partial charge on any atom is 0.360 e. The molecular formula is CH4AlNO3S. The molecule has 0 atom stereocenters. The summed E-state index contributed by atoms with van der Waals surface area (Å²) in [5.41, 5.74) is 0. The normalized spacial score (nSPS) is 8.57. The zero-order chi connectivity index (χ0) is 5.21. The van der Waals surface area contributed by atoms with Gasteiger partial charge in [0.05, 0.1) is 0 Å². The van der Waals surface area contributed by atoms with Gasteiger partial charge in [-0.1, -0.05) is 0 Å². The van der Waals surface area contributed by atoms with Gasteiger partial charge in [0.1, 0.15) is 0 Å². The van der Waals surface area contributed by atoms with E-state index in [4.69, 9.17) is 9.81 Å². The van der Waals surface area contributed by atoms with E-state index in [1.54, 1.807) is 0 Å². The third-order valence-corrected chi connectivity index (χ3v) is 0.346. The molecular weight excluding hydrogens is 133 g/mol. The SMILES string of the molecule is N#CS(=O)(=O)O.[AlH3]. The Labute approximate surface area is 51.6 Å². The highest BCUT2D eigenvalue weighted by molar-refractivity contribution is 7.90. The Morgan fingerprint density at radius 2 is 1.71 bits per heavy atom. The third-order valence-electron chi connectivity index (χ3n) is 0.115. The van der Waals surface area contributed by atoms with Crippen LogP contribution >= 0.6 is 0 Å². The van der Waals surface area contributed by atoms with Crippen LogP contribution in [0.25, 0.3) is 0 Å². The number of thiocyanates is 1. The first kappa shape index (κ1) is 10.0. The molecule has 0 radical (unpaired) electrons. The van der Waals surface area contributed by atoms with E-state index < -0.39 is 10.1 Å². The second-order valence-corrected chi connectivity index (χ2v) is 1.70. The van der Waals surface area contributed by atoms with E-state index in [1.165, 1.54) is 0 Å². The van der Waals surface area contributed by atoms with E-state index in [-0.39, 0.29) is 17.4 Å². The predicted molar refractivity (Wildman–Crippen MR) is 27.1 cm³/mol. The molecule has 0 aliphatic rings. The highest BCUT2D eigenvalue weighted by Crippen LogP contribution is 1.68. The molecule has 0 fully saturated rings. The molecule has 7 heavy (non-hydrogen) atoms. The molecule has 0 aromatic heterocycles. The second-order valence-electron chi connectivity index (χ2n) is 0.566. The van der Waals surface area contributed by atoms with Gasteiger partial charge in [0.2, 0.25) is 5.40 Å². The Morgan fingerprint density at radius 1 is 1.57 bits per heavy atom. The van der Waals surface area contributed by atoms with Gasteiger partial charge in [-0.15, -0.1) is 0 Å². The van der Waals surface area contributed by atoms with Crippen molar-refractivity contribution in [2.75, 3.05) is 0 Å². The Morgan fingerprint density at radius 3 is 1.71 bits per heavy atom. The van der Waals surface area contributed by atoms with Crippen LogP contribution in [0.4, 0.5) is 0 Å². The smallest absolute Gasteiger partial charge is 0.274 e. The lowest BCUT2D eigenvalue weighted by molar-refractivity contribution is 0.496. The summed E-state index contributed by atoms with van der Waals surface area (Å²) in [5, 5.41) is 7.95. The molecule has 0 bridgehead atoms. The molecule has 0 saturated heterocycles. The average Bonchev–Trinajstić information content (AvgIpc) is 1.35. The van der Waals surface area contributed by atoms with E-state index >= 15 is 0 Å². The first-order valence-electron chi connectivity index (χ1n) is 0.944. The van der Waals surface area contributed by atoms with Crippen LogP contribution in [-0.2, 0) is 10.1 Å². The lowest BCUT2D eigenvalue weighted by atomic mass is 11.8. The number of hydrogen-bond acceptors (Lipinski definition) is 3. The summed E-state index contributed by atoms with van der Waals surface area (Å²) in [5.74, 6) is 0. The van der Waals surface area contributed by atoms with Gasteiger partial charge in [-0.3, -0.25) is 4.55 Å². The van der Waals surface area contributed by atoms with Crippen molar-refractivity contribution in [1.29, 1.82) is 5.26 Å². The van der Waals surface area contributed by atoms with Crippen LogP contribution in [0.1, 0.15) is 0 Å². The van der Waals surface area contributed by atoms with E-state index in [9.17, 15) is 8.42 Å². The minimum Gasteiger partial charge on any atom is -0.274 e. The zero-order valence-electron chi connectivity index (χ0n) is 2.62. The summed E-state index contributed by atoms with van der Waals surface area (Å²) in [6, 6.07) is 0. The van der Waals surface area contributed by atoms with Crippen LogP contribution in [0.2, 0.25) is 0 Å². The quantitative estimate of drug-likeness (QED) is 0.184. The fourth-order valence-electron chi connectivity index (χ4n) is 0. The van der Waals surface area contributed by atoms with Crippen LogP contribution in [0.3, 0.4) is 0 Å². The Balaban J connectivity index is 0. The van der Waals surface area contributed by atoms with Crippen molar-refractivity contribution < 1.29 is 13.0 Å². The molecule has 0 saturated carbocycles. The molecule has 0 spiro atoms. The molecule has 0 aliphatic carbocycles. The van der Waals surface area contributed by atoms with E-state index in [0.29, 0.717) is 5.40 Å². The summed E-state index contributed by atoms with van der Waals surface area (Å²) in [6.45, 7) is 0. The number of rotatable bonds is 0. The standard InChI is InChI=1S/CHNO3S.Al.3H/c2-1-6(3,4)5;;;;/h(H,3,4,5);;;;. The molecule has 40 valence electrons. The molecule has 0 amide bonds. The molecule has 0 aromatic rings. The zero-order valence-corrected chi connectivity index (χ0v) is 3.44. The van der Waals surface area contributed by atoms with Crippen molar-refractivity contribution in [3.8, 4) is 5.40 Å². The molecule has 0 aromatic carbocycles.